The second-order valence-corrected chi connectivity index (χ2v) is 7.60. The van der Waals surface area contributed by atoms with E-state index in [0.717, 1.165) is 24.8 Å². The fourth-order valence-electron chi connectivity index (χ4n) is 3.55. The van der Waals surface area contributed by atoms with Crippen molar-refractivity contribution in [3.8, 4) is 0 Å². The van der Waals surface area contributed by atoms with Crippen LogP contribution in [-0.4, -0.2) is 36.7 Å². The first-order valence-electron chi connectivity index (χ1n) is 8.50. The number of rotatable bonds is 6. The van der Waals surface area contributed by atoms with Crippen LogP contribution in [0, 0.1) is 17.8 Å². The smallest absolute Gasteiger partial charge is 0.308 e. The molecule has 136 valence electrons. The van der Waals surface area contributed by atoms with E-state index in [1.54, 1.807) is 12.1 Å². The molecule has 0 aromatic heterocycles. The van der Waals surface area contributed by atoms with Gasteiger partial charge in [0.25, 0.3) is 0 Å². The lowest BCUT2D eigenvalue weighted by Gasteiger charge is -2.27. The van der Waals surface area contributed by atoms with E-state index in [4.69, 9.17) is 27.9 Å². The third-order valence-corrected chi connectivity index (χ3v) is 5.70. The van der Waals surface area contributed by atoms with Crippen molar-refractivity contribution in [1.82, 2.24) is 5.32 Å². The highest BCUT2D eigenvalue weighted by Gasteiger charge is 2.45. The Morgan fingerprint density at radius 1 is 1.28 bits per heavy atom. The Bertz CT molecular complexity index is 660. The zero-order valence-electron chi connectivity index (χ0n) is 13.7. The van der Waals surface area contributed by atoms with E-state index in [0.29, 0.717) is 23.3 Å². The fraction of sp³-hybridized carbons (Fsp3) is 0.556. The lowest BCUT2D eigenvalue weighted by molar-refractivity contribution is -0.145. The van der Waals surface area contributed by atoms with Gasteiger partial charge >= 0.3 is 5.97 Å². The molecule has 1 aromatic rings. The summed E-state index contributed by atoms with van der Waals surface area (Å²) in [6.07, 6.45) is 2.17. The number of nitrogens with one attached hydrogen (secondary N) is 1. The van der Waals surface area contributed by atoms with E-state index in [2.05, 4.69) is 5.32 Å². The van der Waals surface area contributed by atoms with Gasteiger partial charge in [-0.25, -0.2) is 0 Å². The van der Waals surface area contributed by atoms with Crippen LogP contribution in [0.25, 0.3) is 0 Å². The van der Waals surface area contributed by atoms with Crippen molar-refractivity contribution in [2.24, 2.45) is 17.8 Å². The molecule has 2 N–H and O–H groups in total. The van der Waals surface area contributed by atoms with Crippen molar-refractivity contribution >= 4 is 35.1 Å². The maximum absolute atomic E-state index is 12.4. The number of hydrogen-bond acceptors (Lipinski definition) is 3. The molecule has 5 nitrogen and oxygen atoms in total. The molecule has 1 saturated heterocycles. The Morgan fingerprint density at radius 2 is 2.00 bits per heavy atom. The van der Waals surface area contributed by atoms with Crippen LogP contribution < -0.4 is 5.32 Å². The van der Waals surface area contributed by atoms with Crippen molar-refractivity contribution in [2.45, 2.75) is 25.2 Å². The highest BCUT2D eigenvalue weighted by Crippen LogP contribution is 2.50. The largest absolute Gasteiger partial charge is 0.481 e. The molecule has 3 rings (SSSR count). The van der Waals surface area contributed by atoms with Crippen LogP contribution in [0.2, 0.25) is 10.0 Å². The van der Waals surface area contributed by atoms with Gasteiger partial charge in [0.15, 0.2) is 0 Å². The summed E-state index contributed by atoms with van der Waals surface area (Å²) in [6.45, 7) is 1.33. The van der Waals surface area contributed by atoms with Gasteiger partial charge in [-0.15, -0.1) is 0 Å². The number of amides is 1. The molecule has 0 spiro atoms. The molecule has 0 radical (unpaired) electrons. The first-order chi connectivity index (χ1) is 12.0. The number of carboxylic acids is 1. The Kier molecular flexibility index (Phi) is 5.87. The number of carboxylic acid groups (broad SMARTS) is 1. The summed E-state index contributed by atoms with van der Waals surface area (Å²) in [6, 6.07) is 5.30. The minimum Gasteiger partial charge on any atom is -0.481 e. The van der Waals surface area contributed by atoms with Gasteiger partial charge < -0.3 is 15.2 Å². The van der Waals surface area contributed by atoms with Crippen molar-refractivity contribution in [2.75, 3.05) is 19.8 Å². The minimum absolute atomic E-state index is 0.0484. The average Bonchev–Trinajstić information content (AvgIpc) is 3.36. The van der Waals surface area contributed by atoms with Gasteiger partial charge in [-0.3, -0.25) is 9.59 Å². The van der Waals surface area contributed by atoms with Crippen LogP contribution in [0.4, 0.5) is 0 Å². The van der Waals surface area contributed by atoms with Gasteiger partial charge in [-0.05, 0) is 48.8 Å². The molecule has 2 fully saturated rings. The molecule has 1 heterocycles. The fourth-order valence-corrected chi connectivity index (χ4v) is 4.09. The second kappa shape index (κ2) is 7.94. The summed E-state index contributed by atoms with van der Waals surface area (Å²) in [5.74, 6) is -1.55. The van der Waals surface area contributed by atoms with Crippen LogP contribution >= 0.6 is 23.2 Å². The third-order valence-electron chi connectivity index (χ3n) is 5.14. The number of ether oxygens (including phenoxy) is 1. The zero-order valence-corrected chi connectivity index (χ0v) is 15.2. The molecule has 1 amide bonds. The summed E-state index contributed by atoms with van der Waals surface area (Å²) in [5, 5.41) is 13.4. The van der Waals surface area contributed by atoms with Gasteiger partial charge in [-0.1, -0.05) is 29.3 Å². The summed E-state index contributed by atoms with van der Waals surface area (Å²) in [5.41, 5.74) is 0.922. The first-order valence-corrected chi connectivity index (χ1v) is 9.26. The van der Waals surface area contributed by atoms with E-state index < -0.39 is 11.9 Å². The van der Waals surface area contributed by atoms with Crippen LogP contribution in [-0.2, 0) is 14.3 Å². The molecule has 1 aromatic carbocycles. The highest BCUT2D eigenvalue weighted by atomic mass is 35.5. The second-order valence-electron chi connectivity index (χ2n) is 6.75. The average molecular weight is 386 g/mol. The van der Waals surface area contributed by atoms with Crippen LogP contribution in [0.1, 0.15) is 30.7 Å². The summed E-state index contributed by atoms with van der Waals surface area (Å²) >= 11 is 12.1. The molecule has 3 atom stereocenters. The van der Waals surface area contributed by atoms with E-state index >= 15 is 0 Å². The number of halogens is 2. The normalized spacial score (nSPS) is 24.6. The standard InChI is InChI=1S/C18H21Cl2NO4/c19-11-1-2-12(16(20)7-11)13-8-14(13)17(22)21-9-15(18(23)24)10-3-5-25-6-4-10/h1-2,7,10,13-15H,3-6,8-9H2,(H,21,22)(H,23,24). The quantitative estimate of drug-likeness (QED) is 0.787. The Morgan fingerprint density at radius 3 is 2.64 bits per heavy atom. The Labute approximate surface area is 156 Å². The molecule has 7 heteroatoms. The lowest BCUT2D eigenvalue weighted by atomic mass is 9.86. The van der Waals surface area contributed by atoms with E-state index in [-0.39, 0.29) is 30.2 Å². The maximum atomic E-state index is 12.4. The zero-order chi connectivity index (χ0) is 18.0. The lowest BCUT2D eigenvalue weighted by Crippen LogP contribution is -2.39. The molecule has 1 aliphatic carbocycles. The monoisotopic (exact) mass is 385 g/mol. The predicted molar refractivity (Wildman–Crippen MR) is 95.0 cm³/mol. The SMILES string of the molecule is O=C(O)C(CNC(=O)C1CC1c1ccc(Cl)cc1Cl)C1CCOCC1. The molecule has 1 saturated carbocycles. The summed E-state index contributed by atoms with van der Waals surface area (Å²) in [7, 11) is 0. The molecule has 0 bridgehead atoms. The number of carbonyl (C=O) groups is 2. The Balaban J connectivity index is 1.54. The molecular weight excluding hydrogens is 365 g/mol. The highest BCUT2D eigenvalue weighted by molar-refractivity contribution is 6.35. The summed E-state index contributed by atoms with van der Waals surface area (Å²) < 4.78 is 5.28. The number of benzene rings is 1. The van der Waals surface area contributed by atoms with E-state index in [1.807, 2.05) is 6.07 Å². The topological polar surface area (TPSA) is 75.6 Å². The van der Waals surface area contributed by atoms with Crippen molar-refractivity contribution in [3.63, 3.8) is 0 Å². The van der Waals surface area contributed by atoms with Gasteiger partial charge in [0.2, 0.25) is 5.91 Å². The molecule has 3 unspecified atom stereocenters. The van der Waals surface area contributed by atoms with Crippen LogP contribution in [0.15, 0.2) is 18.2 Å². The number of hydrogen-bond donors (Lipinski definition) is 2. The van der Waals surface area contributed by atoms with Crippen molar-refractivity contribution in [3.05, 3.63) is 33.8 Å². The third kappa shape index (κ3) is 4.46. The maximum Gasteiger partial charge on any atom is 0.308 e. The molecular formula is C18H21Cl2NO4. The van der Waals surface area contributed by atoms with Gasteiger partial charge in [0.05, 0.1) is 5.92 Å². The minimum atomic E-state index is -0.861. The van der Waals surface area contributed by atoms with Crippen LogP contribution in [0.3, 0.4) is 0 Å². The number of carbonyl (C=O) groups excluding carboxylic acids is 1. The van der Waals surface area contributed by atoms with Gasteiger partial charge in [-0.2, -0.15) is 0 Å². The number of aliphatic carboxylic acids is 1. The first kappa shape index (κ1) is 18.5. The molecule has 2 aliphatic rings. The molecule has 25 heavy (non-hydrogen) atoms. The van der Waals surface area contributed by atoms with E-state index in [1.165, 1.54) is 0 Å². The van der Waals surface area contributed by atoms with Crippen molar-refractivity contribution in [1.29, 1.82) is 0 Å². The van der Waals surface area contributed by atoms with Gasteiger partial charge in [0, 0.05) is 35.7 Å². The Hall–Kier alpha value is -1.30. The van der Waals surface area contributed by atoms with Crippen LogP contribution in [0.5, 0.6) is 0 Å². The van der Waals surface area contributed by atoms with E-state index in [9.17, 15) is 14.7 Å². The predicted octanol–water partition coefficient (Wildman–Crippen LogP) is 3.34. The molecule has 1 aliphatic heterocycles. The van der Waals surface area contributed by atoms with Gasteiger partial charge in [0.1, 0.15) is 0 Å². The summed E-state index contributed by atoms with van der Waals surface area (Å²) in [4.78, 5) is 23.9. The van der Waals surface area contributed by atoms with Crippen molar-refractivity contribution < 1.29 is 19.4 Å².